The van der Waals surface area contributed by atoms with Crippen LogP contribution in [0.25, 0.3) is 0 Å². The van der Waals surface area contributed by atoms with Crippen molar-refractivity contribution >= 4 is 11.8 Å². The first-order valence-electron chi connectivity index (χ1n) is 9.41. The molecule has 1 aromatic rings. The van der Waals surface area contributed by atoms with Crippen LogP contribution in [0.1, 0.15) is 64.0 Å². The van der Waals surface area contributed by atoms with Gasteiger partial charge in [-0.25, -0.2) is 0 Å². The topological polar surface area (TPSA) is 84.2 Å². The number of rotatable bonds is 7. The molecule has 0 radical (unpaired) electrons. The van der Waals surface area contributed by atoms with Gasteiger partial charge in [0.25, 0.3) is 0 Å². The Hall–Kier alpha value is -1.88. The Labute approximate surface area is 150 Å². The van der Waals surface area contributed by atoms with Crippen molar-refractivity contribution in [1.82, 2.24) is 10.6 Å². The van der Waals surface area contributed by atoms with Crippen molar-refractivity contribution in [3.05, 3.63) is 35.9 Å². The fourth-order valence-corrected chi connectivity index (χ4v) is 3.45. The van der Waals surface area contributed by atoms with Crippen LogP contribution >= 0.6 is 0 Å². The average Bonchev–Trinajstić information content (AvgIpc) is 2.66. The first-order valence-corrected chi connectivity index (χ1v) is 9.41. The SMILES string of the molecule is CCCNC(=O)C1(NC(=O)C(C)C(N)c2ccccc2)CCCCC1. The van der Waals surface area contributed by atoms with E-state index in [1.165, 1.54) is 0 Å². The van der Waals surface area contributed by atoms with E-state index in [1.54, 1.807) is 0 Å². The van der Waals surface area contributed by atoms with Crippen molar-refractivity contribution in [3.8, 4) is 0 Å². The van der Waals surface area contributed by atoms with Crippen molar-refractivity contribution in [2.45, 2.75) is 64.0 Å². The van der Waals surface area contributed by atoms with Crippen LogP contribution < -0.4 is 16.4 Å². The lowest BCUT2D eigenvalue weighted by Gasteiger charge is -2.38. The van der Waals surface area contributed by atoms with Crippen LogP contribution in [0.4, 0.5) is 0 Å². The molecule has 1 aliphatic rings. The zero-order valence-electron chi connectivity index (χ0n) is 15.4. The van der Waals surface area contributed by atoms with Crippen molar-refractivity contribution in [2.75, 3.05) is 6.54 Å². The largest absolute Gasteiger partial charge is 0.354 e. The molecular formula is C20H31N3O2. The lowest BCUT2D eigenvalue weighted by molar-refractivity contribution is -0.137. The van der Waals surface area contributed by atoms with E-state index < -0.39 is 11.5 Å². The Bertz CT molecular complexity index is 568. The zero-order valence-corrected chi connectivity index (χ0v) is 15.4. The number of nitrogens with two attached hydrogens (primary N) is 1. The minimum Gasteiger partial charge on any atom is -0.354 e. The molecule has 0 spiro atoms. The summed E-state index contributed by atoms with van der Waals surface area (Å²) in [5, 5.41) is 6.02. The minimum absolute atomic E-state index is 0.0529. The molecule has 0 bridgehead atoms. The van der Waals surface area contributed by atoms with Gasteiger partial charge in [0, 0.05) is 12.6 Å². The fourth-order valence-electron chi connectivity index (χ4n) is 3.45. The summed E-state index contributed by atoms with van der Waals surface area (Å²) in [7, 11) is 0. The number of nitrogens with one attached hydrogen (secondary N) is 2. The van der Waals surface area contributed by atoms with Crippen LogP contribution in [0, 0.1) is 5.92 Å². The summed E-state index contributed by atoms with van der Waals surface area (Å²) in [6.45, 7) is 4.48. The third kappa shape index (κ3) is 4.82. The van der Waals surface area contributed by atoms with E-state index in [1.807, 2.05) is 44.2 Å². The second kappa shape index (κ2) is 8.99. The quantitative estimate of drug-likeness (QED) is 0.710. The molecule has 2 unspecified atom stereocenters. The number of carbonyl (C=O) groups is 2. The van der Waals surface area contributed by atoms with Gasteiger partial charge in [-0.15, -0.1) is 0 Å². The van der Waals surface area contributed by atoms with Crippen molar-refractivity contribution in [2.24, 2.45) is 11.7 Å². The average molecular weight is 345 g/mol. The van der Waals surface area contributed by atoms with E-state index >= 15 is 0 Å². The molecule has 0 aliphatic heterocycles. The maximum Gasteiger partial charge on any atom is 0.245 e. The summed E-state index contributed by atoms with van der Waals surface area (Å²) in [5.74, 6) is -0.604. The van der Waals surface area contributed by atoms with E-state index in [9.17, 15) is 9.59 Å². The highest BCUT2D eigenvalue weighted by atomic mass is 16.2. The molecule has 5 heteroatoms. The van der Waals surface area contributed by atoms with Gasteiger partial charge < -0.3 is 16.4 Å². The molecule has 138 valence electrons. The molecule has 1 fully saturated rings. The number of amides is 2. The van der Waals surface area contributed by atoms with Gasteiger partial charge in [0.05, 0.1) is 5.92 Å². The van der Waals surface area contributed by atoms with Gasteiger partial charge in [0.2, 0.25) is 11.8 Å². The zero-order chi connectivity index (χ0) is 18.3. The molecule has 1 aromatic carbocycles. The van der Waals surface area contributed by atoms with Crippen molar-refractivity contribution in [3.63, 3.8) is 0 Å². The Kier molecular flexibility index (Phi) is 7.00. The van der Waals surface area contributed by atoms with E-state index in [0.717, 1.165) is 31.2 Å². The molecule has 1 saturated carbocycles. The third-order valence-electron chi connectivity index (χ3n) is 5.18. The second-order valence-electron chi connectivity index (χ2n) is 7.11. The number of carbonyl (C=O) groups excluding carboxylic acids is 2. The fraction of sp³-hybridized carbons (Fsp3) is 0.600. The van der Waals surface area contributed by atoms with Gasteiger partial charge in [0.1, 0.15) is 5.54 Å². The summed E-state index contributed by atoms with van der Waals surface area (Å²) in [6, 6.07) is 9.23. The highest BCUT2D eigenvalue weighted by Gasteiger charge is 2.41. The standard InChI is InChI=1S/C20H31N3O2/c1-3-14-22-19(25)20(12-8-5-9-13-20)23-18(24)15(2)17(21)16-10-6-4-7-11-16/h4,6-7,10-11,15,17H,3,5,8-9,12-14,21H2,1-2H3,(H,22,25)(H,23,24). The lowest BCUT2D eigenvalue weighted by atomic mass is 9.80. The Balaban J connectivity index is 2.09. The molecule has 0 saturated heterocycles. The predicted molar refractivity (Wildman–Crippen MR) is 99.8 cm³/mol. The molecule has 2 rings (SSSR count). The second-order valence-corrected chi connectivity index (χ2v) is 7.11. The molecule has 5 nitrogen and oxygen atoms in total. The molecular weight excluding hydrogens is 314 g/mol. The molecule has 1 aliphatic carbocycles. The Morgan fingerprint density at radius 3 is 2.40 bits per heavy atom. The lowest BCUT2D eigenvalue weighted by Crippen LogP contribution is -2.61. The number of hydrogen-bond acceptors (Lipinski definition) is 3. The smallest absolute Gasteiger partial charge is 0.245 e. The summed E-state index contributed by atoms with van der Waals surface area (Å²) < 4.78 is 0. The molecule has 25 heavy (non-hydrogen) atoms. The first kappa shape index (κ1) is 19.4. The normalized spacial score (nSPS) is 18.8. The summed E-state index contributed by atoms with van der Waals surface area (Å²) >= 11 is 0. The van der Waals surface area contributed by atoms with E-state index in [2.05, 4.69) is 10.6 Å². The van der Waals surface area contributed by atoms with Gasteiger partial charge in [-0.1, -0.05) is 63.4 Å². The highest BCUT2D eigenvalue weighted by Crippen LogP contribution is 2.30. The first-order chi connectivity index (χ1) is 12.0. The minimum atomic E-state index is -0.783. The van der Waals surface area contributed by atoms with Crippen LogP contribution in [0.5, 0.6) is 0 Å². The molecule has 2 amide bonds. The summed E-state index contributed by atoms with van der Waals surface area (Å²) in [6.07, 6.45) is 5.30. The van der Waals surface area contributed by atoms with Gasteiger partial charge in [-0.2, -0.15) is 0 Å². The van der Waals surface area contributed by atoms with Gasteiger partial charge >= 0.3 is 0 Å². The van der Waals surface area contributed by atoms with Gasteiger partial charge in [0.15, 0.2) is 0 Å². The van der Waals surface area contributed by atoms with Crippen molar-refractivity contribution in [1.29, 1.82) is 0 Å². The van der Waals surface area contributed by atoms with Crippen LogP contribution in [-0.2, 0) is 9.59 Å². The number of hydrogen-bond donors (Lipinski definition) is 3. The predicted octanol–water partition coefficient (Wildman–Crippen LogP) is 2.67. The highest BCUT2D eigenvalue weighted by molar-refractivity contribution is 5.92. The molecule has 2 atom stereocenters. The van der Waals surface area contributed by atoms with Gasteiger partial charge in [-0.05, 0) is 24.8 Å². The van der Waals surface area contributed by atoms with E-state index in [-0.39, 0.29) is 17.9 Å². The van der Waals surface area contributed by atoms with E-state index in [4.69, 9.17) is 5.73 Å². The third-order valence-corrected chi connectivity index (χ3v) is 5.18. The Morgan fingerprint density at radius 1 is 1.16 bits per heavy atom. The number of benzene rings is 1. The van der Waals surface area contributed by atoms with Crippen LogP contribution in [-0.4, -0.2) is 23.9 Å². The van der Waals surface area contributed by atoms with E-state index in [0.29, 0.717) is 19.4 Å². The van der Waals surface area contributed by atoms with Crippen LogP contribution in [0.3, 0.4) is 0 Å². The Morgan fingerprint density at radius 2 is 1.80 bits per heavy atom. The monoisotopic (exact) mass is 345 g/mol. The van der Waals surface area contributed by atoms with Crippen molar-refractivity contribution < 1.29 is 9.59 Å². The molecule has 4 N–H and O–H groups in total. The maximum atomic E-state index is 12.8. The van der Waals surface area contributed by atoms with Crippen LogP contribution in [0.15, 0.2) is 30.3 Å². The summed E-state index contributed by atoms with van der Waals surface area (Å²) in [4.78, 5) is 25.6. The molecule has 0 heterocycles. The van der Waals surface area contributed by atoms with Crippen LogP contribution in [0.2, 0.25) is 0 Å². The maximum absolute atomic E-state index is 12.8. The molecule has 0 aromatic heterocycles. The van der Waals surface area contributed by atoms with Gasteiger partial charge in [-0.3, -0.25) is 9.59 Å². The summed E-state index contributed by atoms with van der Waals surface area (Å²) in [5.41, 5.74) is 6.43.